The van der Waals surface area contributed by atoms with Crippen LogP contribution < -0.4 is 10.1 Å². The molecule has 2 N–H and O–H groups in total. The Morgan fingerprint density at radius 1 is 1.14 bits per heavy atom. The summed E-state index contributed by atoms with van der Waals surface area (Å²) in [7, 11) is 0. The average molecular weight is 525 g/mol. The molecule has 1 heterocycles. The number of anilines is 1. The maximum absolute atomic E-state index is 13.4. The van der Waals surface area contributed by atoms with Gasteiger partial charge in [0.2, 0.25) is 0 Å². The van der Waals surface area contributed by atoms with Crippen LogP contribution in [0.2, 0.25) is 0 Å². The van der Waals surface area contributed by atoms with Gasteiger partial charge in [-0.1, -0.05) is 6.92 Å². The molecule has 0 unspecified atom stereocenters. The van der Waals surface area contributed by atoms with Crippen LogP contribution >= 0.6 is 0 Å². The molecule has 2 rings (SSSR count). The second-order valence-electron chi connectivity index (χ2n) is 8.05. The molecule has 0 radical (unpaired) electrons. The number of allylic oxidation sites excluding steroid dienone is 1. The Labute approximate surface area is 210 Å². The number of amides is 3. The van der Waals surface area contributed by atoms with Crippen LogP contribution in [0.3, 0.4) is 0 Å². The lowest BCUT2D eigenvalue weighted by Gasteiger charge is -2.16. The number of halogens is 3. The Bertz CT molecular complexity index is 1090. The van der Waals surface area contributed by atoms with Gasteiger partial charge < -0.3 is 20.0 Å². The summed E-state index contributed by atoms with van der Waals surface area (Å²) < 4.78 is 45.5. The monoisotopic (exact) mass is 525 g/mol. The van der Waals surface area contributed by atoms with Crippen molar-refractivity contribution < 1.29 is 47.0 Å². The minimum absolute atomic E-state index is 0.0221. The van der Waals surface area contributed by atoms with E-state index in [0.717, 1.165) is 18.2 Å². The number of unbranched alkanes of at least 4 members (excludes halogenated alkanes) is 2. The van der Waals surface area contributed by atoms with Gasteiger partial charge in [0.15, 0.2) is 5.57 Å². The van der Waals surface area contributed by atoms with Crippen LogP contribution in [0.4, 0.5) is 18.9 Å². The number of nitriles is 1. The van der Waals surface area contributed by atoms with Crippen molar-refractivity contribution in [3.63, 3.8) is 0 Å². The zero-order valence-electron chi connectivity index (χ0n) is 20.0. The number of nitrogens with zero attached hydrogens (tertiary/aromatic N) is 2. The number of aliphatic hydroxyl groups is 1. The fourth-order valence-corrected chi connectivity index (χ4v) is 3.29. The molecule has 0 aliphatic carbocycles. The third-order valence-electron chi connectivity index (χ3n) is 5.14. The normalized spacial score (nSPS) is 14.2. The van der Waals surface area contributed by atoms with Gasteiger partial charge in [0, 0.05) is 37.4 Å². The van der Waals surface area contributed by atoms with E-state index >= 15 is 0 Å². The molecule has 0 aromatic heterocycles. The third kappa shape index (κ3) is 8.52. The molecule has 10 nitrogen and oxygen atoms in total. The van der Waals surface area contributed by atoms with Crippen LogP contribution in [0.15, 0.2) is 29.5 Å². The van der Waals surface area contributed by atoms with Gasteiger partial charge in [-0.3, -0.25) is 14.4 Å². The topological polar surface area (TPSA) is 146 Å². The van der Waals surface area contributed by atoms with Gasteiger partial charge in [-0.2, -0.15) is 18.4 Å². The van der Waals surface area contributed by atoms with Crippen molar-refractivity contribution in [1.29, 1.82) is 5.26 Å². The highest BCUT2D eigenvalue weighted by Crippen LogP contribution is 2.38. The lowest BCUT2D eigenvalue weighted by atomic mass is 10.1. The number of imide groups is 1. The van der Waals surface area contributed by atoms with Crippen LogP contribution in [-0.2, 0) is 30.2 Å². The molecule has 0 spiro atoms. The van der Waals surface area contributed by atoms with E-state index in [1.54, 1.807) is 13.0 Å². The lowest BCUT2D eigenvalue weighted by molar-refractivity contribution is -0.197. The Kier molecular flexibility index (Phi) is 10.5. The van der Waals surface area contributed by atoms with Gasteiger partial charge in [-0.05, 0) is 37.8 Å². The Hall–Kier alpha value is -4.08. The van der Waals surface area contributed by atoms with Gasteiger partial charge >= 0.3 is 12.1 Å². The summed E-state index contributed by atoms with van der Waals surface area (Å²) in [5.74, 6) is -3.90. The highest BCUT2D eigenvalue weighted by atomic mass is 19.4. The second-order valence-corrected chi connectivity index (χ2v) is 8.05. The van der Waals surface area contributed by atoms with Crippen LogP contribution in [0.25, 0.3) is 0 Å². The molecule has 0 bridgehead atoms. The number of carbonyl (C=O) groups excluding carboxylic acids is 4. The van der Waals surface area contributed by atoms with E-state index in [9.17, 15) is 37.5 Å². The standard InChI is InChI=1S/C24H26F3N3O7/c1-2-6-18(31)16(14-28)23(35)29-15-8-9-17(24(25,26)27)19(13-15)36-12-5-3-4-7-22(34)37-30-20(32)10-11-21(30)33/h8-9,13,31H,2-7,10-12H2,1H3,(H,29,35)/b18-16-. The molecule has 1 fully saturated rings. The van der Waals surface area contributed by atoms with E-state index in [1.165, 1.54) is 0 Å². The van der Waals surface area contributed by atoms with Gasteiger partial charge in [-0.25, -0.2) is 4.79 Å². The van der Waals surface area contributed by atoms with Crippen LogP contribution in [0.1, 0.15) is 63.9 Å². The number of rotatable bonds is 12. The number of ether oxygens (including phenoxy) is 1. The first kappa shape index (κ1) is 29.2. The predicted molar refractivity (Wildman–Crippen MR) is 121 cm³/mol. The van der Waals surface area contributed by atoms with Crippen molar-refractivity contribution in [1.82, 2.24) is 5.06 Å². The number of aliphatic hydroxyl groups excluding tert-OH is 1. The van der Waals surface area contributed by atoms with Crippen molar-refractivity contribution >= 4 is 29.4 Å². The summed E-state index contributed by atoms with van der Waals surface area (Å²) in [4.78, 5) is 51.7. The average Bonchev–Trinajstić information content (AvgIpc) is 3.13. The summed E-state index contributed by atoms with van der Waals surface area (Å²) in [5, 5.41) is 21.7. The summed E-state index contributed by atoms with van der Waals surface area (Å²) in [6.45, 7) is 1.59. The molecule has 13 heteroatoms. The molecule has 1 aromatic rings. The number of hydrogen-bond donors (Lipinski definition) is 2. The molecule has 200 valence electrons. The quantitative estimate of drug-likeness (QED) is 0.135. The smallest absolute Gasteiger partial charge is 0.419 e. The van der Waals surface area contributed by atoms with E-state index in [2.05, 4.69) is 5.32 Å². The highest BCUT2D eigenvalue weighted by Gasteiger charge is 2.35. The summed E-state index contributed by atoms with van der Waals surface area (Å²) in [6, 6.07) is 4.27. The SMILES string of the molecule is CCC/C(O)=C(\C#N)C(=O)Nc1ccc(C(F)(F)F)c(OCCCCCC(=O)ON2C(=O)CCC2=O)c1. The van der Waals surface area contributed by atoms with Gasteiger partial charge in [0.05, 0.1) is 12.2 Å². The maximum atomic E-state index is 13.4. The Morgan fingerprint density at radius 2 is 1.81 bits per heavy atom. The van der Waals surface area contributed by atoms with Crippen molar-refractivity contribution in [2.45, 2.75) is 64.5 Å². The first-order valence-corrected chi connectivity index (χ1v) is 11.5. The van der Waals surface area contributed by atoms with Gasteiger partial charge in [-0.15, -0.1) is 5.06 Å². The van der Waals surface area contributed by atoms with Crippen LogP contribution in [-0.4, -0.2) is 40.5 Å². The largest absolute Gasteiger partial charge is 0.511 e. The molecular formula is C24H26F3N3O7. The third-order valence-corrected chi connectivity index (χ3v) is 5.14. The first-order chi connectivity index (χ1) is 17.5. The maximum Gasteiger partial charge on any atom is 0.419 e. The van der Waals surface area contributed by atoms with Gasteiger partial charge in [0.1, 0.15) is 17.6 Å². The molecule has 0 atom stereocenters. The number of nitrogens with one attached hydrogen (secondary N) is 1. The van der Waals surface area contributed by atoms with Crippen LogP contribution in [0.5, 0.6) is 5.75 Å². The number of hydroxylamine groups is 2. The Morgan fingerprint density at radius 3 is 2.41 bits per heavy atom. The van der Waals surface area contributed by atoms with Crippen LogP contribution in [0, 0.1) is 11.3 Å². The molecule has 1 saturated heterocycles. The molecule has 1 aliphatic heterocycles. The van der Waals surface area contributed by atoms with E-state index in [0.29, 0.717) is 17.9 Å². The molecule has 37 heavy (non-hydrogen) atoms. The predicted octanol–water partition coefficient (Wildman–Crippen LogP) is 4.33. The van der Waals surface area contributed by atoms with E-state index in [4.69, 9.17) is 14.8 Å². The number of carbonyl (C=O) groups is 4. The minimum Gasteiger partial charge on any atom is -0.511 e. The lowest BCUT2D eigenvalue weighted by Crippen LogP contribution is -2.31. The van der Waals surface area contributed by atoms with E-state index < -0.39 is 52.5 Å². The van der Waals surface area contributed by atoms with Crippen molar-refractivity contribution in [2.24, 2.45) is 0 Å². The number of alkyl halides is 3. The van der Waals surface area contributed by atoms with Crippen molar-refractivity contribution in [2.75, 3.05) is 11.9 Å². The van der Waals surface area contributed by atoms with Crippen molar-refractivity contribution in [3.8, 4) is 11.8 Å². The fraction of sp³-hybridized carbons (Fsp3) is 0.458. The fourth-order valence-electron chi connectivity index (χ4n) is 3.29. The summed E-state index contributed by atoms with van der Waals surface area (Å²) in [6.07, 6.45) is -3.39. The zero-order chi connectivity index (χ0) is 27.6. The molecule has 3 amide bonds. The number of hydrogen-bond acceptors (Lipinski definition) is 8. The summed E-state index contributed by atoms with van der Waals surface area (Å²) in [5.41, 5.74) is -1.68. The van der Waals surface area contributed by atoms with E-state index in [-0.39, 0.29) is 50.8 Å². The molecular weight excluding hydrogens is 499 g/mol. The molecule has 1 aliphatic rings. The first-order valence-electron chi connectivity index (χ1n) is 11.5. The van der Waals surface area contributed by atoms with Gasteiger partial charge in [0.25, 0.3) is 17.7 Å². The van der Waals surface area contributed by atoms with Crippen molar-refractivity contribution in [3.05, 3.63) is 35.1 Å². The van der Waals surface area contributed by atoms with E-state index in [1.807, 2.05) is 0 Å². The number of benzene rings is 1. The highest BCUT2D eigenvalue weighted by molar-refractivity contribution is 6.07. The second kappa shape index (κ2) is 13.3. The Balaban J connectivity index is 1.93. The molecule has 1 aromatic carbocycles. The summed E-state index contributed by atoms with van der Waals surface area (Å²) >= 11 is 0. The minimum atomic E-state index is -4.73. The molecule has 0 saturated carbocycles. The zero-order valence-corrected chi connectivity index (χ0v) is 20.0.